The van der Waals surface area contributed by atoms with Crippen LogP contribution < -0.4 is 5.32 Å². The Labute approximate surface area is 125 Å². The van der Waals surface area contributed by atoms with E-state index in [0.29, 0.717) is 18.1 Å². The van der Waals surface area contributed by atoms with Gasteiger partial charge < -0.3 is 5.32 Å². The van der Waals surface area contributed by atoms with E-state index in [4.69, 9.17) is 0 Å². The second kappa shape index (κ2) is 6.13. The van der Waals surface area contributed by atoms with Gasteiger partial charge in [-0.2, -0.15) is 0 Å². The summed E-state index contributed by atoms with van der Waals surface area (Å²) in [4.78, 5) is 3.93. The van der Waals surface area contributed by atoms with Crippen molar-refractivity contribution in [2.24, 2.45) is 0 Å². The zero-order valence-electron chi connectivity index (χ0n) is 11.6. The average molecular weight is 314 g/mol. The molecule has 20 heavy (non-hydrogen) atoms. The van der Waals surface area contributed by atoms with E-state index in [1.165, 1.54) is 17.7 Å². The maximum absolute atomic E-state index is 11.7. The Kier molecular flexibility index (Phi) is 4.45. The zero-order valence-corrected chi connectivity index (χ0v) is 13.3. The molecule has 0 spiro atoms. The highest BCUT2D eigenvalue weighted by molar-refractivity contribution is 7.91. The molecule has 1 N–H and O–H groups in total. The largest absolute Gasteiger partial charge is 0.312 e. The van der Waals surface area contributed by atoms with Crippen LogP contribution in [0.15, 0.2) is 17.5 Å². The predicted molar refractivity (Wildman–Crippen MR) is 82.8 cm³/mol. The Bertz CT molecular complexity index is 523. The molecule has 1 aromatic heterocycles. The highest BCUT2D eigenvalue weighted by Gasteiger charge is 2.30. The lowest BCUT2D eigenvalue weighted by Gasteiger charge is -2.27. The topological polar surface area (TPSA) is 49.4 Å². The summed E-state index contributed by atoms with van der Waals surface area (Å²) in [6.45, 7) is 2.62. The van der Waals surface area contributed by atoms with Crippen molar-refractivity contribution in [3.05, 3.63) is 22.4 Å². The quantitative estimate of drug-likeness (QED) is 0.864. The van der Waals surface area contributed by atoms with Gasteiger partial charge in [-0.1, -0.05) is 6.07 Å². The first-order chi connectivity index (χ1) is 9.62. The fourth-order valence-corrected chi connectivity index (χ4v) is 5.03. The van der Waals surface area contributed by atoms with Gasteiger partial charge in [0, 0.05) is 36.6 Å². The first-order valence-electron chi connectivity index (χ1n) is 7.33. The van der Waals surface area contributed by atoms with E-state index < -0.39 is 9.84 Å². The van der Waals surface area contributed by atoms with Crippen LogP contribution in [-0.4, -0.2) is 50.0 Å². The summed E-state index contributed by atoms with van der Waals surface area (Å²) in [6, 6.07) is 5.14. The van der Waals surface area contributed by atoms with Gasteiger partial charge in [-0.3, -0.25) is 4.90 Å². The predicted octanol–water partition coefficient (Wildman–Crippen LogP) is 1.49. The van der Waals surface area contributed by atoms with Crippen LogP contribution >= 0.6 is 11.3 Å². The standard InChI is InChI=1S/C14H22N2O2S2/c17-20(18)9-6-15-12(11-20)5-7-16(13-3-4-13)10-14-2-1-8-19-14/h1-2,8,12-13,15H,3-7,9-11H2. The fourth-order valence-electron chi connectivity index (χ4n) is 2.81. The van der Waals surface area contributed by atoms with Gasteiger partial charge in [0.25, 0.3) is 0 Å². The molecule has 0 amide bonds. The van der Waals surface area contributed by atoms with Crippen LogP contribution in [0, 0.1) is 0 Å². The van der Waals surface area contributed by atoms with E-state index >= 15 is 0 Å². The van der Waals surface area contributed by atoms with Crippen LogP contribution in [0.1, 0.15) is 24.1 Å². The van der Waals surface area contributed by atoms with Crippen LogP contribution in [0.4, 0.5) is 0 Å². The first-order valence-corrected chi connectivity index (χ1v) is 10.0. The Hall–Kier alpha value is -0.430. The summed E-state index contributed by atoms with van der Waals surface area (Å²) in [7, 11) is -2.81. The molecule has 1 unspecified atom stereocenters. The van der Waals surface area contributed by atoms with E-state index in [2.05, 4.69) is 27.7 Å². The van der Waals surface area contributed by atoms with E-state index in [1.54, 1.807) is 11.3 Å². The van der Waals surface area contributed by atoms with E-state index in [9.17, 15) is 8.42 Å². The SMILES string of the molecule is O=S1(=O)CCNC(CCN(Cc2cccs2)C2CC2)C1. The minimum Gasteiger partial charge on any atom is -0.312 e. The van der Waals surface area contributed by atoms with Gasteiger partial charge in [0.2, 0.25) is 0 Å². The van der Waals surface area contributed by atoms with Gasteiger partial charge >= 0.3 is 0 Å². The molecule has 1 saturated heterocycles. The molecule has 112 valence electrons. The molecule has 6 heteroatoms. The van der Waals surface area contributed by atoms with Crippen molar-refractivity contribution in [3.8, 4) is 0 Å². The van der Waals surface area contributed by atoms with E-state index in [1.807, 2.05) is 0 Å². The summed E-state index contributed by atoms with van der Waals surface area (Å²) in [5, 5.41) is 5.47. The number of rotatable bonds is 6. The van der Waals surface area contributed by atoms with Crippen molar-refractivity contribution in [1.29, 1.82) is 0 Å². The third-order valence-electron chi connectivity index (χ3n) is 4.07. The first kappa shape index (κ1) is 14.5. The molecule has 2 fully saturated rings. The van der Waals surface area contributed by atoms with E-state index in [-0.39, 0.29) is 6.04 Å². The second-order valence-corrected chi connectivity index (χ2v) is 9.10. The summed E-state index contributed by atoms with van der Waals surface area (Å²) >= 11 is 1.80. The molecule has 1 aromatic rings. The van der Waals surface area contributed by atoms with Crippen molar-refractivity contribution >= 4 is 21.2 Å². The molecule has 1 aliphatic heterocycles. The van der Waals surface area contributed by atoms with Crippen molar-refractivity contribution in [3.63, 3.8) is 0 Å². The molecule has 3 rings (SSSR count). The fraction of sp³-hybridized carbons (Fsp3) is 0.714. The summed E-state index contributed by atoms with van der Waals surface area (Å²) in [6.07, 6.45) is 3.52. The third-order valence-corrected chi connectivity index (χ3v) is 6.67. The number of sulfone groups is 1. The van der Waals surface area contributed by atoms with Gasteiger partial charge in [-0.15, -0.1) is 11.3 Å². The second-order valence-electron chi connectivity index (χ2n) is 5.84. The summed E-state index contributed by atoms with van der Waals surface area (Å²) in [5.74, 6) is 0.607. The number of nitrogens with one attached hydrogen (secondary N) is 1. The van der Waals surface area contributed by atoms with Crippen molar-refractivity contribution < 1.29 is 8.42 Å². The van der Waals surface area contributed by atoms with Crippen LogP contribution in [0.5, 0.6) is 0 Å². The molecule has 1 atom stereocenters. The van der Waals surface area contributed by atoms with Crippen LogP contribution in [0.3, 0.4) is 0 Å². The Morgan fingerprint density at radius 3 is 2.90 bits per heavy atom. The lowest BCUT2D eigenvalue weighted by atomic mass is 10.2. The molecule has 0 aromatic carbocycles. The molecule has 1 aliphatic carbocycles. The van der Waals surface area contributed by atoms with Crippen molar-refractivity contribution in [2.45, 2.75) is 37.9 Å². The lowest BCUT2D eigenvalue weighted by molar-refractivity contribution is 0.242. The summed E-state index contributed by atoms with van der Waals surface area (Å²) in [5.41, 5.74) is 0. The van der Waals surface area contributed by atoms with Crippen molar-refractivity contribution in [1.82, 2.24) is 10.2 Å². The number of hydrogen-bond donors (Lipinski definition) is 1. The molecular formula is C14H22N2O2S2. The Morgan fingerprint density at radius 2 is 2.25 bits per heavy atom. The monoisotopic (exact) mass is 314 g/mol. The summed E-state index contributed by atoms with van der Waals surface area (Å²) < 4.78 is 23.3. The van der Waals surface area contributed by atoms with Crippen molar-refractivity contribution in [2.75, 3.05) is 24.6 Å². The number of nitrogens with zero attached hydrogens (tertiary/aromatic N) is 1. The number of thiophene rings is 1. The van der Waals surface area contributed by atoms with Gasteiger partial charge in [0.15, 0.2) is 9.84 Å². The molecule has 1 saturated carbocycles. The maximum Gasteiger partial charge on any atom is 0.153 e. The maximum atomic E-state index is 11.7. The van der Waals surface area contributed by atoms with Gasteiger partial charge in [-0.25, -0.2) is 8.42 Å². The molecule has 2 heterocycles. The average Bonchev–Trinajstić information content (AvgIpc) is 3.11. The molecule has 0 bridgehead atoms. The number of hydrogen-bond acceptors (Lipinski definition) is 5. The van der Waals surface area contributed by atoms with Crippen LogP contribution in [0.2, 0.25) is 0 Å². The third kappa shape index (κ3) is 4.04. The molecule has 0 radical (unpaired) electrons. The Morgan fingerprint density at radius 1 is 1.40 bits per heavy atom. The van der Waals surface area contributed by atoms with Crippen LogP contribution in [-0.2, 0) is 16.4 Å². The smallest absolute Gasteiger partial charge is 0.153 e. The minimum atomic E-state index is -2.81. The lowest BCUT2D eigenvalue weighted by Crippen LogP contribution is -2.46. The molecular weight excluding hydrogens is 292 g/mol. The Balaban J connectivity index is 1.52. The highest BCUT2D eigenvalue weighted by Crippen LogP contribution is 2.29. The highest BCUT2D eigenvalue weighted by atomic mass is 32.2. The minimum absolute atomic E-state index is 0.137. The van der Waals surface area contributed by atoms with Gasteiger partial charge in [0.05, 0.1) is 11.5 Å². The molecule has 2 aliphatic rings. The van der Waals surface area contributed by atoms with Crippen LogP contribution in [0.25, 0.3) is 0 Å². The van der Waals surface area contributed by atoms with Gasteiger partial charge in [-0.05, 0) is 30.7 Å². The molecule has 4 nitrogen and oxygen atoms in total. The zero-order chi connectivity index (χ0) is 14.0. The van der Waals surface area contributed by atoms with E-state index in [0.717, 1.165) is 25.6 Å². The van der Waals surface area contributed by atoms with Gasteiger partial charge in [0.1, 0.15) is 0 Å². The normalized spacial score (nSPS) is 25.9.